The van der Waals surface area contributed by atoms with Gasteiger partial charge >= 0.3 is 0 Å². The molecule has 0 bridgehead atoms. The average Bonchev–Trinajstić information content (AvgIpc) is 2.76. The Balaban J connectivity index is 2.30. The Morgan fingerprint density at radius 1 is 1.38 bits per heavy atom. The molecule has 1 amide bonds. The maximum Gasteiger partial charge on any atom is 0.267 e. The molecule has 0 aliphatic heterocycles. The minimum atomic E-state index is 0.0170. The summed E-state index contributed by atoms with van der Waals surface area (Å²) in [6, 6.07) is 3.75. The maximum atomic E-state index is 11.8. The fraction of sp³-hybridized carbons (Fsp3) is 0.583. The maximum absolute atomic E-state index is 11.8. The van der Waals surface area contributed by atoms with Crippen LogP contribution >= 0.6 is 0 Å². The highest BCUT2D eigenvalue weighted by molar-refractivity contribution is 5.92. The van der Waals surface area contributed by atoms with Crippen LogP contribution in [0.25, 0.3) is 0 Å². The lowest BCUT2D eigenvalue weighted by Crippen LogP contribution is -2.28. The minimum Gasteiger partial charge on any atom is -0.351 e. The number of hydrogen-bond donors (Lipinski definition) is 2. The average molecular weight is 223 g/mol. The number of nitrogens with zero attached hydrogens (tertiary/aromatic N) is 1. The van der Waals surface area contributed by atoms with Crippen LogP contribution in [0.15, 0.2) is 18.3 Å². The molecular weight excluding hydrogens is 202 g/mol. The lowest BCUT2D eigenvalue weighted by Gasteiger charge is -2.07. The molecule has 1 aromatic heterocycles. The molecule has 1 rings (SSSR count). The van der Waals surface area contributed by atoms with Gasteiger partial charge in [-0.2, -0.15) is 0 Å². The zero-order valence-electron chi connectivity index (χ0n) is 10.1. The van der Waals surface area contributed by atoms with Crippen molar-refractivity contribution >= 4 is 5.91 Å². The van der Waals surface area contributed by atoms with Gasteiger partial charge in [-0.25, -0.2) is 0 Å². The number of carbonyl (C=O) groups is 1. The summed E-state index contributed by atoms with van der Waals surface area (Å²) in [7, 11) is 0. The first-order valence-corrected chi connectivity index (χ1v) is 5.93. The Kier molecular flexibility index (Phi) is 5.64. The summed E-state index contributed by atoms with van der Waals surface area (Å²) in [4.78, 5) is 11.8. The number of aryl methyl sites for hydroxylation is 1. The zero-order valence-corrected chi connectivity index (χ0v) is 10.1. The van der Waals surface area contributed by atoms with Gasteiger partial charge < -0.3 is 15.2 Å². The molecule has 0 spiro atoms. The van der Waals surface area contributed by atoms with E-state index in [0.29, 0.717) is 0 Å². The van der Waals surface area contributed by atoms with Crippen molar-refractivity contribution in [3.63, 3.8) is 0 Å². The van der Waals surface area contributed by atoms with Gasteiger partial charge in [0, 0.05) is 19.3 Å². The first-order chi connectivity index (χ1) is 7.79. The lowest BCUT2D eigenvalue weighted by molar-refractivity contribution is 0.0944. The summed E-state index contributed by atoms with van der Waals surface area (Å²) in [5.41, 5.74) is 0.742. The van der Waals surface area contributed by atoms with Crippen LogP contribution in [-0.2, 0) is 6.54 Å². The molecule has 0 fully saturated rings. The standard InChI is InChI=1S/C12H21N3O/c1-3-13-8-6-9-14-12(16)11-7-5-10-15(11)4-2/h5,7,10,13H,3-4,6,8-9H2,1-2H3,(H,14,16). The third-order valence-corrected chi connectivity index (χ3v) is 2.47. The summed E-state index contributed by atoms with van der Waals surface area (Å²) in [5.74, 6) is 0.0170. The van der Waals surface area contributed by atoms with E-state index in [2.05, 4.69) is 17.6 Å². The summed E-state index contributed by atoms with van der Waals surface area (Å²) in [5, 5.41) is 6.14. The second-order valence-corrected chi connectivity index (χ2v) is 3.64. The van der Waals surface area contributed by atoms with E-state index in [4.69, 9.17) is 0 Å². The number of nitrogens with one attached hydrogen (secondary N) is 2. The number of amides is 1. The zero-order chi connectivity index (χ0) is 11.8. The lowest BCUT2D eigenvalue weighted by atomic mass is 10.3. The normalized spacial score (nSPS) is 10.4. The van der Waals surface area contributed by atoms with Crippen LogP contribution in [-0.4, -0.2) is 30.1 Å². The van der Waals surface area contributed by atoms with Gasteiger partial charge in [0.15, 0.2) is 0 Å². The molecule has 0 saturated heterocycles. The van der Waals surface area contributed by atoms with Crippen LogP contribution in [0.1, 0.15) is 30.8 Å². The van der Waals surface area contributed by atoms with Gasteiger partial charge in [-0.05, 0) is 38.6 Å². The Labute approximate surface area is 97.0 Å². The molecule has 4 nitrogen and oxygen atoms in total. The van der Waals surface area contributed by atoms with E-state index in [1.807, 2.05) is 29.8 Å². The summed E-state index contributed by atoms with van der Waals surface area (Å²) >= 11 is 0. The monoisotopic (exact) mass is 223 g/mol. The first-order valence-electron chi connectivity index (χ1n) is 5.93. The molecule has 0 aliphatic carbocycles. The molecule has 4 heteroatoms. The molecular formula is C12H21N3O. The fourth-order valence-corrected chi connectivity index (χ4v) is 1.58. The minimum absolute atomic E-state index is 0.0170. The summed E-state index contributed by atoms with van der Waals surface area (Å²) in [6.07, 6.45) is 2.89. The molecule has 2 N–H and O–H groups in total. The van der Waals surface area contributed by atoms with Crippen LogP contribution in [0.2, 0.25) is 0 Å². The highest BCUT2D eigenvalue weighted by Crippen LogP contribution is 2.01. The van der Waals surface area contributed by atoms with E-state index < -0.39 is 0 Å². The van der Waals surface area contributed by atoms with Crippen LogP contribution in [0.5, 0.6) is 0 Å². The van der Waals surface area contributed by atoms with Gasteiger partial charge in [-0.15, -0.1) is 0 Å². The predicted molar refractivity (Wildman–Crippen MR) is 65.6 cm³/mol. The van der Waals surface area contributed by atoms with Gasteiger partial charge in [0.1, 0.15) is 5.69 Å². The highest BCUT2D eigenvalue weighted by atomic mass is 16.1. The van der Waals surface area contributed by atoms with Crippen LogP contribution in [0.3, 0.4) is 0 Å². The largest absolute Gasteiger partial charge is 0.351 e. The molecule has 0 unspecified atom stereocenters. The van der Waals surface area contributed by atoms with E-state index >= 15 is 0 Å². The van der Waals surface area contributed by atoms with Crippen LogP contribution in [0, 0.1) is 0 Å². The topological polar surface area (TPSA) is 46.1 Å². The summed E-state index contributed by atoms with van der Waals surface area (Å²) in [6.45, 7) is 7.58. The van der Waals surface area contributed by atoms with E-state index in [1.54, 1.807) is 0 Å². The third kappa shape index (κ3) is 3.70. The Morgan fingerprint density at radius 3 is 2.88 bits per heavy atom. The van der Waals surface area contributed by atoms with Gasteiger partial charge in [-0.1, -0.05) is 6.92 Å². The first kappa shape index (κ1) is 12.8. The molecule has 0 aromatic carbocycles. The Bertz CT molecular complexity index is 320. The van der Waals surface area contributed by atoms with Crippen molar-refractivity contribution in [2.45, 2.75) is 26.8 Å². The van der Waals surface area contributed by atoms with E-state index in [-0.39, 0.29) is 5.91 Å². The quantitative estimate of drug-likeness (QED) is 0.683. The number of aromatic nitrogens is 1. The molecule has 90 valence electrons. The Hall–Kier alpha value is -1.29. The van der Waals surface area contributed by atoms with E-state index in [9.17, 15) is 4.79 Å². The molecule has 0 saturated carbocycles. The molecule has 0 radical (unpaired) electrons. The summed E-state index contributed by atoms with van der Waals surface area (Å²) < 4.78 is 1.94. The molecule has 0 aliphatic rings. The van der Waals surface area contributed by atoms with Crippen molar-refractivity contribution in [1.29, 1.82) is 0 Å². The van der Waals surface area contributed by atoms with Gasteiger partial charge in [-0.3, -0.25) is 4.79 Å². The smallest absolute Gasteiger partial charge is 0.267 e. The van der Waals surface area contributed by atoms with E-state index in [0.717, 1.165) is 38.3 Å². The number of rotatable bonds is 7. The number of hydrogen-bond acceptors (Lipinski definition) is 2. The predicted octanol–water partition coefficient (Wildman–Crippen LogP) is 1.24. The van der Waals surface area contributed by atoms with E-state index in [1.165, 1.54) is 0 Å². The van der Waals surface area contributed by atoms with Crippen LogP contribution in [0.4, 0.5) is 0 Å². The van der Waals surface area contributed by atoms with Gasteiger partial charge in [0.2, 0.25) is 0 Å². The van der Waals surface area contributed by atoms with Crippen LogP contribution < -0.4 is 10.6 Å². The molecule has 1 heterocycles. The SMILES string of the molecule is CCNCCCNC(=O)c1cccn1CC. The van der Waals surface area contributed by atoms with Crippen molar-refractivity contribution < 1.29 is 4.79 Å². The van der Waals surface area contributed by atoms with Gasteiger partial charge in [0.25, 0.3) is 5.91 Å². The molecule has 1 aromatic rings. The second-order valence-electron chi connectivity index (χ2n) is 3.64. The van der Waals surface area contributed by atoms with Crippen molar-refractivity contribution in [2.24, 2.45) is 0 Å². The number of carbonyl (C=O) groups excluding carboxylic acids is 1. The second kappa shape index (κ2) is 7.06. The van der Waals surface area contributed by atoms with Gasteiger partial charge in [0.05, 0.1) is 0 Å². The molecule has 16 heavy (non-hydrogen) atoms. The highest BCUT2D eigenvalue weighted by Gasteiger charge is 2.08. The Morgan fingerprint density at radius 2 is 2.19 bits per heavy atom. The van der Waals surface area contributed by atoms with Crippen molar-refractivity contribution in [1.82, 2.24) is 15.2 Å². The van der Waals surface area contributed by atoms with Crippen molar-refractivity contribution in [3.05, 3.63) is 24.0 Å². The van der Waals surface area contributed by atoms with Crippen molar-refractivity contribution in [3.8, 4) is 0 Å². The fourth-order valence-electron chi connectivity index (χ4n) is 1.58. The third-order valence-electron chi connectivity index (χ3n) is 2.47. The van der Waals surface area contributed by atoms with Crippen molar-refractivity contribution in [2.75, 3.05) is 19.6 Å². The molecule has 0 atom stereocenters.